The van der Waals surface area contributed by atoms with Crippen LogP contribution in [0.4, 0.5) is 0 Å². The summed E-state index contributed by atoms with van der Waals surface area (Å²) in [7, 11) is 3.07. The van der Waals surface area contributed by atoms with Gasteiger partial charge in [0.25, 0.3) is 0 Å². The maximum atomic E-state index is 13.8. The van der Waals surface area contributed by atoms with Gasteiger partial charge >= 0.3 is 0 Å². The van der Waals surface area contributed by atoms with Crippen LogP contribution in [0.15, 0.2) is 24.5 Å². The monoisotopic (exact) mass is 526 g/mol. The molecule has 37 heavy (non-hydrogen) atoms. The van der Waals surface area contributed by atoms with Gasteiger partial charge in [0.05, 0.1) is 17.5 Å². The predicted molar refractivity (Wildman–Crippen MR) is 127 cm³/mol. The van der Waals surface area contributed by atoms with Crippen molar-refractivity contribution in [2.45, 2.75) is 24.5 Å². The molecule has 3 aliphatic rings. The Bertz CT molecular complexity index is 1390. The van der Waals surface area contributed by atoms with Crippen LogP contribution in [0.2, 0.25) is 5.28 Å². The third-order valence-electron chi connectivity index (χ3n) is 7.88. The average Bonchev–Trinajstić information content (AvgIpc) is 2.82. The molecule has 0 spiro atoms. The van der Waals surface area contributed by atoms with Crippen molar-refractivity contribution in [1.29, 1.82) is 0 Å². The highest BCUT2D eigenvalue weighted by atomic mass is 35.5. The number of Topliss-reactive ketones (excluding diaryl/α,β-unsaturated/α-hetero) is 4. The van der Waals surface area contributed by atoms with Gasteiger partial charge in [0.15, 0.2) is 34.7 Å². The minimum atomic E-state index is -2.76. The Morgan fingerprint density at radius 2 is 1.78 bits per heavy atom. The molecule has 1 heterocycles. The van der Waals surface area contributed by atoms with E-state index in [2.05, 4.69) is 9.97 Å². The Kier molecular flexibility index (Phi) is 5.78. The number of fused-ring (bicyclic) bond motifs is 3. The molecule has 3 aliphatic carbocycles. The number of likely N-dealkylation sites (N-methyl/N-ethyl adjacent to an activating group) is 1. The summed E-state index contributed by atoms with van der Waals surface area (Å²) in [5, 5.41) is 22.2. The van der Waals surface area contributed by atoms with Crippen molar-refractivity contribution >= 4 is 40.6 Å². The first-order valence-electron chi connectivity index (χ1n) is 11.6. The molecule has 12 heteroatoms. The van der Waals surface area contributed by atoms with E-state index in [1.54, 1.807) is 6.07 Å². The van der Waals surface area contributed by atoms with Crippen LogP contribution >= 0.6 is 11.6 Å². The van der Waals surface area contributed by atoms with Gasteiger partial charge in [0.1, 0.15) is 5.75 Å². The smallest absolute Gasteiger partial charge is 0.235 e. The van der Waals surface area contributed by atoms with Gasteiger partial charge in [-0.1, -0.05) is 6.07 Å². The topological polar surface area (TPSA) is 181 Å². The van der Waals surface area contributed by atoms with Crippen molar-refractivity contribution in [3.63, 3.8) is 0 Å². The molecule has 1 aromatic heterocycles. The van der Waals surface area contributed by atoms with Gasteiger partial charge in [0.2, 0.25) is 11.2 Å². The standard InChI is InChI=1S/C25H23ClN4O7/c1-30(2)18-13-6-9-5-12-11(10-7-28-24(26)29-8-10)3-4-14(31)16(12)19(32)15(9)21(34)25(13,37)22(35)17(20(18)33)23(27)36/h3-4,7-9,13,15,17-18,31,37H,5-6H2,1-2H3,(H2,27,36)/t9-,13-,15?,17?,18-,25-/m0/s1. The third kappa shape index (κ3) is 3.45. The Hall–Kier alpha value is -3.54. The normalized spacial score (nSPS) is 31.1. The lowest BCUT2D eigenvalue weighted by atomic mass is 9.52. The fourth-order valence-electron chi connectivity index (χ4n) is 6.33. The largest absolute Gasteiger partial charge is 0.507 e. The SMILES string of the molecule is CN(C)[C@@H]1C(=O)C(C(N)=O)C(=O)[C@@]2(O)C(=O)C3C(=O)c4c(O)ccc(-c5cnc(Cl)nc5)c4C[C@H]3C[C@@H]12. The molecule has 1 amide bonds. The van der Waals surface area contributed by atoms with Gasteiger partial charge in [0, 0.05) is 23.9 Å². The van der Waals surface area contributed by atoms with E-state index in [1.807, 2.05) is 0 Å². The summed E-state index contributed by atoms with van der Waals surface area (Å²) in [5.74, 6) is -10.9. The van der Waals surface area contributed by atoms with E-state index in [0.717, 1.165) is 0 Å². The lowest BCUT2D eigenvalue weighted by molar-refractivity contribution is -0.181. The molecule has 2 saturated carbocycles. The van der Waals surface area contributed by atoms with Gasteiger partial charge in [-0.25, -0.2) is 9.97 Å². The molecule has 6 atom stereocenters. The summed E-state index contributed by atoms with van der Waals surface area (Å²) in [6, 6.07) is 1.75. The van der Waals surface area contributed by atoms with Gasteiger partial charge in [-0.2, -0.15) is 0 Å². The third-order valence-corrected chi connectivity index (χ3v) is 8.07. The highest BCUT2D eigenvalue weighted by Crippen LogP contribution is 2.51. The minimum absolute atomic E-state index is 0.0281. The number of benzene rings is 1. The minimum Gasteiger partial charge on any atom is -0.507 e. The number of hydrogen-bond donors (Lipinski definition) is 3. The van der Waals surface area contributed by atoms with E-state index in [9.17, 15) is 34.2 Å². The molecule has 0 bridgehead atoms. The lowest BCUT2D eigenvalue weighted by Crippen LogP contribution is -2.74. The number of halogens is 1. The number of aliphatic hydroxyl groups is 1. The zero-order valence-electron chi connectivity index (χ0n) is 19.8. The quantitative estimate of drug-likeness (QED) is 0.363. The number of amides is 1. The van der Waals surface area contributed by atoms with Crippen molar-refractivity contribution < 1.29 is 34.2 Å². The van der Waals surface area contributed by atoms with E-state index in [-0.39, 0.29) is 29.4 Å². The van der Waals surface area contributed by atoms with Crippen LogP contribution < -0.4 is 5.73 Å². The van der Waals surface area contributed by atoms with Crippen LogP contribution in [0.1, 0.15) is 22.3 Å². The molecule has 2 unspecified atom stereocenters. The highest BCUT2D eigenvalue weighted by molar-refractivity contribution is 6.32. The summed E-state index contributed by atoms with van der Waals surface area (Å²) in [5.41, 5.74) is 4.01. The number of phenols is 1. The van der Waals surface area contributed by atoms with Crippen LogP contribution in [0.3, 0.4) is 0 Å². The number of nitrogens with zero attached hydrogens (tertiary/aromatic N) is 3. The number of phenolic OH excluding ortho intramolecular Hbond substituents is 1. The second-order valence-electron chi connectivity index (χ2n) is 10.0. The molecular formula is C25H23ClN4O7. The molecule has 0 saturated heterocycles. The van der Waals surface area contributed by atoms with Crippen LogP contribution in [0.25, 0.3) is 11.1 Å². The number of nitrogens with two attached hydrogens (primary N) is 1. The van der Waals surface area contributed by atoms with Crippen LogP contribution in [0.5, 0.6) is 5.75 Å². The maximum absolute atomic E-state index is 13.8. The van der Waals surface area contributed by atoms with Crippen molar-refractivity contribution in [3.05, 3.63) is 40.9 Å². The molecule has 4 N–H and O–H groups in total. The van der Waals surface area contributed by atoms with E-state index in [1.165, 1.54) is 37.5 Å². The van der Waals surface area contributed by atoms with Crippen molar-refractivity contribution in [2.24, 2.45) is 29.4 Å². The van der Waals surface area contributed by atoms with Crippen LogP contribution in [-0.4, -0.2) is 79.9 Å². The molecule has 2 aromatic rings. The molecule has 192 valence electrons. The van der Waals surface area contributed by atoms with E-state index in [4.69, 9.17) is 17.3 Å². The Morgan fingerprint density at radius 3 is 2.38 bits per heavy atom. The molecule has 2 fully saturated rings. The summed E-state index contributed by atoms with van der Waals surface area (Å²) in [4.78, 5) is 75.4. The van der Waals surface area contributed by atoms with Gasteiger partial charge < -0.3 is 15.9 Å². The van der Waals surface area contributed by atoms with E-state index < -0.39 is 64.4 Å². The molecule has 1 aromatic carbocycles. The van der Waals surface area contributed by atoms with Crippen LogP contribution in [-0.2, 0) is 25.6 Å². The molecule has 11 nitrogen and oxygen atoms in total. The fraction of sp³-hybridized carbons (Fsp3) is 0.400. The van der Waals surface area contributed by atoms with Crippen LogP contribution in [0, 0.1) is 23.7 Å². The molecule has 0 aliphatic heterocycles. The number of aromatic hydroxyl groups is 1. The number of rotatable bonds is 3. The van der Waals surface area contributed by atoms with Crippen molar-refractivity contribution in [2.75, 3.05) is 14.1 Å². The van der Waals surface area contributed by atoms with Crippen molar-refractivity contribution in [3.8, 4) is 16.9 Å². The summed E-state index contributed by atoms with van der Waals surface area (Å²) < 4.78 is 0. The Balaban J connectivity index is 1.66. The Morgan fingerprint density at radius 1 is 1.14 bits per heavy atom. The number of carbonyl (C=O) groups is 5. The molecule has 0 radical (unpaired) electrons. The summed E-state index contributed by atoms with van der Waals surface area (Å²) in [6.07, 6.45) is 3.04. The number of carbonyl (C=O) groups excluding carboxylic acids is 5. The highest BCUT2D eigenvalue weighted by Gasteiger charge is 2.69. The zero-order valence-corrected chi connectivity index (χ0v) is 20.6. The van der Waals surface area contributed by atoms with Gasteiger partial charge in [-0.15, -0.1) is 0 Å². The number of primary amides is 1. The zero-order chi connectivity index (χ0) is 27.0. The van der Waals surface area contributed by atoms with E-state index in [0.29, 0.717) is 16.7 Å². The predicted octanol–water partition coefficient (Wildman–Crippen LogP) is -0.0226. The maximum Gasteiger partial charge on any atom is 0.235 e. The second kappa shape index (κ2) is 8.51. The first kappa shape index (κ1) is 25.1. The lowest BCUT2D eigenvalue weighted by Gasteiger charge is -2.52. The summed E-state index contributed by atoms with van der Waals surface area (Å²) in [6.45, 7) is 0. The van der Waals surface area contributed by atoms with E-state index >= 15 is 0 Å². The Labute approximate surface area is 215 Å². The number of aromatic nitrogens is 2. The van der Waals surface area contributed by atoms with Gasteiger partial charge in [-0.05, 0) is 61.6 Å². The first-order valence-corrected chi connectivity index (χ1v) is 11.9. The van der Waals surface area contributed by atoms with Crippen molar-refractivity contribution in [1.82, 2.24) is 14.9 Å². The first-order chi connectivity index (χ1) is 17.4. The average molecular weight is 527 g/mol. The second-order valence-corrected chi connectivity index (χ2v) is 10.4. The molecular weight excluding hydrogens is 504 g/mol. The van der Waals surface area contributed by atoms with Gasteiger partial charge in [-0.3, -0.25) is 28.9 Å². The number of hydrogen-bond acceptors (Lipinski definition) is 10. The molecule has 5 rings (SSSR count). The summed E-state index contributed by atoms with van der Waals surface area (Å²) >= 11 is 5.80. The number of ketones is 4. The fourth-order valence-corrected chi connectivity index (χ4v) is 6.42.